The van der Waals surface area contributed by atoms with Crippen molar-refractivity contribution < 1.29 is 23.0 Å². The third-order valence-corrected chi connectivity index (χ3v) is 4.38. The van der Waals surface area contributed by atoms with Crippen molar-refractivity contribution in [2.45, 2.75) is 40.0 Å². The van der Waals surface area contributed by atoms with Crippen molar-refractivity contribution >= 4 is 11.9 Å². The average Bonchev–Trinajstić information content (AvgIpc) is 2.78. The Labute approximate surface area is 187 Å². The zero-order chi connectivity index (χ0) is 23.3. The molecule has 0 aliphatic carbocycles. The highest BCUT2D eigenvalue weighted by atomic mass is 19.3. The fraction of sp³-hybridized carbons (Fsp3) is 0.391. The molecular formula is C23H30F2N4O3. The molecule has 0 atom stereocenters. The molecule has 0 saturated carbocycles. The standard InChI is InChI=1S/C23H30F2N4O3/c1-4-11-31-19-10-9-18(20(13-19)32-22(24)25)15-29-23(26-3)28-14-16-7-6-8-17(12-16)21(30)27-5-2/h6-10,12-13,22H,4-5,11,14-15H2,1-3H3,(H,27,30)(H2,26,28,29). The Kier molecular flexibility index (Phi) is 10.2. The van der Waals surface area contributed by atoms with Gasteiger partial charge in [-0.25, -0.2) is 0 Å². The van der Waals surface area contributed by atoms with Crippen molar-refractivity contribution in [1.29, 1.82) is 0 Å². The summed E-state index contributed by atoms with van der Waals surface area (Å²) in [5.74, 6) is 0.865. The third-order valence-electron chi connectivity index (χ3n) is 4.38. The summed E-state index contributed by atoms with van der Waals surface area (Å²) < 4.78 is 35.9. The van der Waals surface area contributed by atoms with Gasteiger partial charge in [0.1, 0.15) is 11.5 Å². The molecule has 0 radical (unpaired) electrons. The Hall–Kier alpha value is -3.36. The van der Waals surface area contributed by atoms with E-state index in [9.17, 15) is 13.6 Å². The number of nitrogens with one attached hydrogen (secondary N) is 3. The van der Waals surface area contributed by atoms with E-state index in [-0.39, 0.29) is 18.2 Å². The van der Waals surface area contributed by atoms with E-state index in [1.807, 2.05) is 26.0 Å². The number of ether oxygens (including phenoxy) is 2. The molecular weight excluding hydrogens is 418 g/mol. The molecule has 0 unspecified atom stereocenters. The maximum absolute atomic E-state index is 12.8. The molecule has 0 aromatic heterocycles. The summed E-state index contributed by atoms with van der Waals surface area (Å²) >= 11 is 0. The largest absolute Gasteiger partial charge is 0.493 e. The Bertz CT molecular complexity index is 907. The lowest BCUT2D eigenvalue weighted by atomic mass is 10.1. The van der Waals surface area contributed by atoms with Gasteiger partial charge in [-0.2, -0.15) is 8.78 Å². The Balaban J connectivity index is 2.00. The number of rotatable bonds is 11. The number of hydrogen-bond donors (Lipinski definition) is 3. The molecule has 0 aliphatic heterocycles. The van der Waals surface area contributed by atoms with Crippen LogP contribution >= 0.6 is 0 Å². The number of carbonyl (C=O) groups is 1. The van der Waals surface area contributed by atoms with Crippen LogP contribution in [0.5, 0.6) is 11.5 Å². The van der Waals surface area contributed by atoms with Gasteiger partial charge < -0.3 is 25.4 Å². The Morgan fingerprint density at radius 3 is 2.53 bits per heavy atom. The second kappa shape index (κ2) is 13.1. The van der Waals surface area contributed by atoms with Crippen LogP contribution in [0.25, 0.3) is 0 Å². The molecule has 32 heavy (non-hydrogen) atoms. The summed E-state index contributed by atoms with van der Waals surface area (Å²) in [6.07, 6.45) is 0.808. The molecule has 0 aliphatic rings. The fourth-order valence-corrected chi connectivity index (χ4v) is 2.87. The third kappa shape index (κ3) is 8.05. The van der Waals surface area contributed by atoms with E-state index < -0.39 is 6.61 Å². The number of benzene rings is 2. The molecule has 3 N–H and O–H groups in total. The van der Waals surface area contributed by atoms with Gasteiger partial charge >= 0.3 is 6.61 Å². The minimum atomic E-state index is -2.94. The highest BCUT2D eigenvalue weighted by Crippen LogP contribution is 2.26. The molecule has 7 nitrogen and oxygen atoms in total. The number of aliphatic imine (C=N–C) groups is 1. The van der Waals surface area contributed by atoms with Crippen molar-refractivity contribution in [1.82, 2.24) is 16.0 Å². The van der Waals surface area contributed by atoms with Crippen LogP contribution in [0.1, 0.15) is 41.8 Å². The highest BCUT2D eigenvalue weighted by Gasteiger charge is 2.12. The number of alkyl halides is 2. The molecule has 0 saturated heterocycles. The summed E-state index contributed by atoms with van der Waals surface area (Å²) in [5, 5.41) is 9.00. The summed E-state index contributed by atoms with van der Waals surface area (Å²) in [6.45, 7) is 2.58. The van der Waals surface area contributed by atoms with Gasteiger partial charge in [0.2, 0.25) is 0 Å². The minimum Gasteiger partial charge on any atom is -0.493 e. The van der Waals surface area contributed by atoms with Crippen LogP contribution < -0.4 is 25.4 Å². The van der Waals surface area contributed by atoms with Gasteiger partial charge in [0.05, 0.1) is 6.61 Å². The number of amides is 1. The zero-order valence-electron chi connectivity index (χ0n) is 18.6. The second-order valence-electron chi connectivity index (χ2n) is 6.84. The van der Waals surface area contributed by atoms with Gasteiger partial charge in [-0.15, -0.1) is 0 Å². The molecule has 2 aromatic rings. The van der Waals surface area contributed by atoms with Crippen molar-refractivity contribution in [3.05, 3.63) is 59.2 Å². The van der Waals surface area contributed by atoms with Crippen LogP contribution in [-0.4, -0.2) is 38.7 Å². The molecule has 1 amide bonds. The van der Waals surface area contributed by atoms with Crippen molar-refractivity contribution in [2.75, 3.05) is 20.2 Å². The van der Waals surface area contributed by atoms with E-state index in [0.717, 1.165) is 12.0 Å². The number of carbonyl (C=O) groups excluding carboxylic acids is 1. The quantitative estimate of drug-likeness (QED) is 0.361. The average molecular weight is 449 g/mol. The maximum Gasteiger partial charge on any atom is 0.387 e. The maximum atomic E-state index is 12.8. The first-order valence-corrected chi connectivity index (χ1v) is 10.5. The van der Waals surface area contributed by atoms with Crippen molar-refractivity contribution in [3.63, 3.8) is 0 Å². The summed E-state index contributed by atoms with van der Waals surface area (Å²) in [7, 11) is 1.61. The Morgan fingerprint density at radius 1 is 1.06 bits per heavy atom. The highest BCUT2D eigenvalue weighted by molar-refractivity contribution is 5.94. The number of nitrogens with zero attached hydrogens (tertiary/aromatic N) is 1. The number of guanidine groups is 1. The second-order valence-corrected chi connectivity index (χ2v) is 6.84. The summed E-state index contributed by atoms with van der Waals surface area (Å²) in [6, 6.07) is 12.1. The monoisotopic (exact) mass is 448 g/mol. The summed E-state index contributed by atoms with van der Waals surface area (Å²) in [5.41, 5.74) is 2.01. The lowest BCUT2D eigenvalue weighted by Gasteiger charge is -2.16. The number of halogens is 2. The van der Waals surface area contributed by atoms with Crippen LogP contribution in [0.4, 0.5) is 8.78 Å². The van der Waals surface area contributed by atoms with Gasteiger partial charge in [0.15, 0.2) is 5.96 Å². The Morgan fingerprint density at radius 2 is 1.84 bits per heavy atom. The van der Waals surface area contributed by atoms with Gasteiger partial charge in [-0.3, -0.25) is 9.79 Å². The molecule has 0 heterocycles. The van der Waals surface area contributed by atoms with E-state index in [1.165, 1.54) is 6.07 Å². The van der Waals surface area contributed by atoms with Crippen LogP contribution in [0.2, 0.25) is 0 Å². The molecule has 174 valence electrons. The van der Waals surface area contributed by atoms with Crippen LogP contribution in [0.15, 0.2) is 47.5 Å². The van der Waals surface area contributed by atoms with Crippen LogP contribution in [0.3, 0.4) is 0 Å². The normalized spacial score (nSPS) is 11.2. The smallest absolute Gasteiger partial charge is 0.387 e. The predicted octanol–water partition coefficient (Wildman–Crippen LogP) is 3.69. The van der Waals surface area contributed by atoms with E-state index >= 15 is 0 Å². The van der Waals surface area contributed by atoms with Crippen molar-refractivity contribution in [3.8, 4) is 11.5 Å². The van der Waals surface area contributed by atoms with Gasteiger partial charge in [0.25, 0.3) is 5.91 Å². The first-order chi connectivity index (χ1) is 15.5. The zero-order valence-corrected chi connectivity index (χ0v) is 18.6. The molecule has 2 rings (SSSR count). The van der Waals surface area contributed by atoms with E-state index in [1.54, 1.807) is 31.3 Å². The van der Waals surface area contributed by atoms with E-state index in [2.05, 4.69) is 25.7 Å². The van der Waals surface area contributed by atoms with Gasteiger partial charge in [0, 0.05) is 43.9 Å². The lowest BCUT2D eigenvalue weighted by molar-refractivity contribution is -0.0505. The SMILES string of the molecule is CCCOc1ccc(CNC(=NC)NCc2cccc(C(=O)NCC)c2)c(OC(F)F)c1. The fourth-order valence-electron chi connectivity index (χ4n) is 2.87. The summed E-state index contributed by atoms with van der Waals surface area (Å²) in [4.78, 5) is 16.2. The van der Waals surface area contributed by atoms with Gasteiger partial charge in [-0.1, -0.05) is 19.1 Å². The van der Waals surface area contributed by atoms with Crippen LogP contribution in [0, 0.1) is 0 Å². The topological polar surface area (TPSA) is 84.0 Å². The first kappa shape index (κ1) is 24.9. The van der Waals surface area contributed by atoms with E-state index in [4.69, 9.17) is 4.74 Å². The van der Waals surface area contributed by atoms with Crippen LogP contribution in [-0.2, 0) is 13.1 Å². The van der Waals surface area contributed by atoms with Crippen molar-refractivity contribution in [2.24, 2.45) is 4.99 Å². The lowest BCUT2D eigenvalue weighted by Crippen LogP contribution is -2.36. The first-order valence-electron chi connectivity index (χ1n) is 10.5. The molecule has 2 aromatic carbocycles. The van der Waals surface area contributed by atoms with Gasteiger partial charge in [-0.05, 0) is 43.2 Å². The molecule has 0 fully saturated rings. The molecule has 0 spiro atoms. The molecule has 0 bridgehead atoms. The number of hydrogen-bond acceptors (Lipinski definition) is 4. The predicted molar refractivity (Wildman–Crippen MR) is 120 cm³/mol. The minimum absolute atomic E-state index is 0.0474. The molecule has 9 heteroatoms. The van der Waals surface area contributed by atoms with E-state index in [0.29, 0.717) is 42.5 Å².